The van der Waals surface area contributed by atoms with Gasteiger partial charge in [-0.15, -0.1) is 0 Å². The Morgan fingerprint density at radius 2 is 0.600 bits per heavy atom. The average molecular weight is 899 g/mol. The predicted molar refractivity (Wildman–Crippen MR) is 279 cm³/mol. The van der Waals surface area contributed by atoms with Crippen LogP contribution in [0.2, 0.25) is 0 Å². The molecule has 366 valence electrons. The van der Waals surface area contributed by atoms with Crippen LogP contribution in [0.3, 0.4) is 0 Å². The summed E-state index contributed by atoms with van der Waals surface area (Å²) in [7, 11) is 0. The second kappa shape index (κ2) is 52.4. The highest BCUT2D eigenvalue weighted by Gasteiger charge is 2.19. The van der Waals surface area contributed by atoms with Crippen LogP contribution in [0.4, 0.5) is 0 Å². The molecule has 0 saturated heterocycles. The number of hydrogen-bond donors (Lipinski definition) is 0. The Hall–Kier alpha value is -4.19. The molecule has 0 bridgehead atoms. The Kier molecular flexibility index (Phi) is 49.1. The van der Waals surface area contributed by atoms with E-state index in [0.717, 1.165) is 96.3 Å². The third-order valence-corrected chi connectivity index (χ3v) is 10.5. The van der Waals surface area contributed by atoms with Crippen molar-refractivity contribution in [2.75, 3.05) is 13.2 Å². The van der Waals surface area contributed by atoms with E-state index in [0.29, 0.717) is 19.3 Å². The van der Waals surface area contributed by atoms with E-state index in [9.17, 15) is 14.4 Å². The lowest BCUT2D eigenvalue weighted by atomic mass is 10.0. The molecule has 0 rings (SSSR count). The van der Waals surface area contributed by atoms with Gasteiger partial charge in [0, 0.05) is 19.3 Å². The Balaban J connectivity index is 4.59. The number of ether oxygens (including phenoxy) is 3. The van der Waals surface area contributed by atoms with Gasteiger partial charge in [0.15, 0.2) is 6.10 Å². The van der Waals surface area contributed by atoms with E-state index < -0.39 is 6.10 Å². The number of carbonyl (C=O) groups excluding carboxylic acids is 3. The molecule has 0 radical (unpaired) electrons. The first-order chi connectivity index (χ1) is 32.0. The molecule has 0 aliphatic rings. The van der Waals surface area contributed by atoms with Gasteiger partial charge in [0.05, 0.1) is 0 Å². The van der Waals surface area contributed by atoms with E-state index in [1.165, 1.54) is 64.2 Å². The molecule has 0 aromatic carbocycles. The number of esters is 3. The zero-order valence-corrected chi connectivity index (χ0v) is 41.7. The van der Waals surface area contributed by atoms with Crippen molar-refractivity contribution in [1.29, 1.82) is 0 Å². The summed E-state index contributed by atoms with van der Waals surface area (Å²) in [6, 6.07) is 0. The highest BCUT2D eigenvalue weighted by atomic mass is 16.6. The van der Waals surface area contributed by atoms with Crippen molar-refractivity contribution in [3.8, 4) is 0 Å². The van der Waals surface area contributed by atoms with Gasteiger partial charge in [-0.3, -0.25) is 14.4 Å². The van der Waals surface area contributed by atoms with Gasteiger partial charge in [-0.2, -0.15) is 0 Å². The zero-order chi connectivity index (χ0) is 47.2. The summed E-state index contributed by atoms with van der Waals surface area (Å²) >= 11 is 0. The molecule has 0 N–H and O–H groups in total. The van der Waals surface area contributed by atoms with Gasteiger partial charge >= 0.3 is 17.9 Å². The molecular formula is C59H94O6. The molecule has 0 aliphatic carbocycles. The molecule has 0 aromatic heterocycles. The molecule has 1 atom stereocenters. The zero-order valence-electron chi connectivity index (χ0n) is 41.7. The van der Waals surface area contributed by atoms with Crippen LogP contribution in [0.15, 0.2) is 122 Å². The summed E-state index contributed by atoms with van der Waals surface area (Å²) in [6.07, 6.45) is 71.9. The van der Waals surface area contributed by atoms with Gasteiger partial charge in [0.1, 0.15) is 13.2 Å². The number of hydrogen-bond acceptors (Lipinski definition) is 6. The van der Waals surface area contributed by atoms with E-state index >= 15 is 0 Å². The fourth-order valence-corrected chi connectivity index (χ4v) is 6.63. The van der Waals surface area contributed by atoms with Crippen molar-refractivity contribution in [1.82, 2.24) is 0 Å². The van der Waals surface area contributed by atoms with Crippen molar-refractivity contribution in [2.45, 2.75) is 219 Å². The normalized spacial score (nSPS) is 13.1. The van der Waals surface area contributed by atoms with Crippen molar-refractivity contribution >= 4 is 17.9 Å². The largest absolute Gasteiger partial charge is 0.462 e. The van der Waals surface area contributed by atoms with Gasteiger partial charge in [-0.25, -0.2) is 0 Å². The smallest absolute Gasteiger partial charge is 0.306 e. The van der Waals surface area contributed by atoms with Crippen LogP contribution in [0.5, 0.6) is 0 Å². The second-order valence-electron chi connectivity index (χ2n) is 16.7. The minimum absolute atomic E-state index is 0.120. The van der Waals surface area contributed by atoms with Crippen LogP contribution in [0.25, 0.3) is 0 Å². The standard InChI is InChI=1S/C59H94O6/c1-4-7-10-13-16-19-22-25-27-29-31-34-37-40-43-46-49-52-58(61)64-55-56(54-63-57(60)51-48-45-42-39-36-33-24-21-18-15-12-9-6-3)65-59(62)53-50-47-44-41-38-35-32-30-28-26-23-20-17-14-11-8-5-2/h7-8,10-11,16-17,19-20,25-28,31-32,34-35,40-41,43-44,56H,4-6,9,12-15,18,21-24,29-30,33,36-39,42,45-55H2,1-3H3/b10-7-,11-8-,19-16-,20-17-,27-25-,28-26-,34-31-,35-32-,43-40-,44-41-/t56-/m0/s1. The second-order valence-corrected chi connectivity index (χ2v) is 16.7. The number of rotatable bonds is 45. The van der Waals surface area contributed by atoms with Crippen LogP contribution in [0.1, 0.15) is 213 Å². The predicted octanol–water partition coefficient (Wildman–Crippen LogP) is 17.3. The maximum Gasteiger partial charge on any atom is 0.306 e. The Labute approximate surface area is 399 Å². The third kappa shape index (κ3) is 50.7. The molecule has 0 amide bonds. The molecule has 0 spiro atoms. The van der Waals surface area contributed by atoms with Gasteiger partial charge in [0.25, 0.3) is 0 Å². The molecule has 0 fully saturated rings. The molecule has 65 heavy (non-hydrogen) atoms. The Morgan fingerprint density at radius 1 is 0.323 bits per heavy atom. The highest BCUT2D eigenvalue weighted by Crippen LogP contribution is 2.14. The molecular weight excluding hydrogens is 805 g/mol. The molecule has 0 unspecified atom stereocenters. The van der Waals surface area contributed by atoms with Crippen LogP contribution in [0, 0.1) is 0 Å². The topological polar surface area (TPSA) is 78.9 Å². The van der Waals surface area contributed by atoms with Gasteiger partial charge in [-0.05, 0) is 96.3 Å². The van der Waals surface area contributed by atoms with Gasteiger partial charge in [0.2, 0.25) is 0 Å². The van der Waals surface area contributed by atoms with Crippen molar-refractivity contribution in [2.24, 2.45) is 0 Å². The van der Waals surface area contributed by atoms with Gasteiger partial charge in [-0.1, -0.05) is 219 Å². The first-order valence-corrected chi connectivity index (χ1v) is 26.0. The van der Waals surface area contributed by atoms with Crippen LogP contribution >= 0.6 is 0 Å². The van der Waals surface area contributed by atoms with E-state index in [4.69, 9.17) is 14.2 Å². The molecule has 0 aromatic rings. The summed E-state index contributed by atoms with van der Waals surface area (Å²) < 4.78 is 16.7. The Bertz CT molecular complexity index is 1400. The minimum Gasteiger partial charge on any atom is -0.462 e. The summed E-state index contributed by atoms with van der Waals surface area (Å²) in [5, 5.41) is 0. The summed E-state index contributed by atoms with van der Waals surface area (Å²) in [6.45, 7) is 6.30. The highest BCUT2D eigenvalue weighted by molar-refractivity contribution is 5.71. The number of unbranched alkanes of at least 4 members (excludes halogenated alkanes) is 14. The van der Waals surface area contributed by atoms with Crippen LogP contribution in [-0.2, 0) is 28.6 Å². The average Bonchev–Trinajstić information content (AvgIpc) is 3.30. The fourth-order valence-electron chi connectivity index (χ4n) is 6.63. The summed E-state index contributed by atoms with van der Waals surface area (Å²) in [5.41, 5.74) is 0. The molecule has 0 saturated carbocycles. The van der Waals surface area contributed by atoms with E-state index in [-0.39, 0.29) is 44.0 Å². The third-order valence-electron chi connectivity index (χ3n) is 10.5. The fraction of sp³-hybridized carbons (Fsp3) is 0.610. The lowest BCUT2D eigenvalue weighted by Crippen LogP contribution is -2.30. The first-order valence-electron chi connectivity index (χ1n) is 26.0. The van der Waals surface area contributed by atoms with Crippen molar-refractivity contribution in [3.05, 3.63) is 122 Å². The van der Waals surface area contributed by atoms with Crippen LogP contribution in [-0.4, -0.2) is 37.2 Å². The first kappa shape index (κ1) is 60.8. The molecule has 0 aliphatic heterocycles. The Morgan fingerprint density at radius 3 is 0.938 bits per heavy atom. The number of allylic oxidation sites excluding steroid dienone is 20. The minimum atomic E-state index is -0.832. The van der Waals surface area contributed by atoms with E-state index in [1.54, 1.807) is 0 Å². The molecule has 6 heteroatoms. The van der Waals surface area contributed by atoms with Crippen molar-refractivity contribution in [3.63, 3.8) is 0 Å². The maximum absolute atomic E-state index is 12.8. The van der Waals surface area contributed by atoms with Crippen LogP contribution < -0.4 is 0 Å². The summed E-state index contributed by atoms with van der Waals surface area (Å²) in [5.74, 6) is -1.05. The van der Waals surface area contributed by atoms with E-state index in [1.807, 2.05) is 0 Å². The molecule has 0 heterocycles. The monoisotopic (exact) mass is 899 g/mol. The summed E-state index contributed by atoms with van der Waals surface area (Å²) in [4.78, 5) is 38.0. The molecule has 6 nitrogen and oxygen atoms in total. The number of carbonyl (C=O) groups is 3. The lowest BCUT2D eigenvalue weighted by Gasteiger charge is -2.18. The quantitative estimate of drug-likeness (QED) is 0.0262. The van der Waals surface area contributed by atoms with Crippen molar-refractivity contribution < 1.29 is 28.6 Å². The SMILES string of the molecule is CC/C=C\C/C=C\C/C=C\C/C=C\C/C=C\CCCC(=O)OC[C@H](COC(=O)CCCCCCCCCCCCCCC)OC(=O)CCC/C=C\C/C=C\C/C=C\C/C=C\C/C=C\CC. The lowest BCUT2D eigenvalue weighted by molar-refractivity contribution is -0.167. The van der Waals surface area contributed by atoms with E-state index in [2.05, 4.69) is 142 Å². The van der Waals surface area contributed by atoms with Gasteiger partial charge < -0.3 is 14.2 Å². The maximum atomic E-state index is 12.8.